The normalized spacial score (nSPS) is 12.3. The van der Waals surface area contributed by atoms with Gasteiger partial charge < -0.3 is 77.3 Å². The predicted molar refractivity (Wildman–Crippen MR) is 454 cm³/mol. The van der Waals surface area contributed by atoms with E-state index < -0.39 is 0 Å². The highest BCUT2D eigenvalue weighted by atomic mass is 16.5. The van der Waals surface area contributed by atoms with Crippen molar-refractivity contribution in [3.63, 3.8) is 0 Å². The van der Waals surface area contributed by atoms with E-state index in [0.717, 1.165) is 137 Å². The molecule has 0 bridgehead atoms. The molecule has 20 nitrogen and oxygen atoms in total. The molecule has 0 amide bonds. The standard InChI is InChI=1S/C20H22N2O2.2C19H20N2O2.C19H24N2O2.C18H18N2O2/c1-24-11-10-20-19(13-16-6-3-2-4-7-16)21-15-22(20)14-17-8-5-9-18(23)12-17;1-23-11-10-18-19(16-7-3-2-4-8-16)20-14-21(18)13-15-6-5-9-17(22)12-15;1-23-13-19-18(11-15-6-3-2-4-7-15)20-14-21(19)12-16-8-5-9-17(22)10-16;1-23-13-10-18-15-20(16-6-3-2-4-7-16)11-12-21(18)17-8-5-9-19(22)14-17;1-22-12-17-18(15-7-3-2-4-8-15)19-13-20(17)11-14-6-5-9-16(21)10-14/h2-9,12,15,23H,10-11,13-14H2,1H3;2-9,12,14,22H,10-11,13H2,1H3;2-10,14,22H,11-13H2,1H3;2-9,14,18,22H,10-13,15H2,1H3;2-10,13,21H,11-12H2,1H3. The van der Waals surface area contributed by atoms with Crippen molar-refractivity contribution in [2.75, 3.05) is 84.8 Å². The molecule has 0 saturated carbocycles. The minimum atomic E-state index is 0.272. The quantitative estimate of drug-likeness (QED) is 0.0294. The zero-order valence-electron chi connectivity index (χ0n) is 66.1. The molecule has 15 rings (SSSR count). The molecule has 1 unspecified atom stereocenters. The third kappa shape index (κ3) is 25.0. The van der Waals surface area contributed by atoms with E-state index in [-0.39, 0.29) is 23.0 Å². The number of ether oxygens (including phenoxy) is 5. The average Bonchev–Trinajstić information content (AvgIpc) is 1.63. The molecule has 1 atom stereocenters. The van der Waals surface area contributed by atoms with Crippen molar-refractivity contribution in [3.8, 4) is 51.3 Å². The largest absolute Gasteiger partial charge is 0.508 e. The highest BCUT2D eigenvalue weighted by Crippen LogP contribution is 2.31. The molecule has 5 N–H and O–H groups in total. The molecule has 1 fully saturated rings. The molecule has 10 aromatic carbocycles. The van der Waals surface area contributed by atoms with Crippen molar-refractivity contribution in [3.05, 3.63) is 366 Å². The van der Waals surface area contributed by atoms with E-state index in [0.29, 0.717) is 64.4 Å². The number of benzene rings is 10. The Hall–Kier alpha value is -12.6. The van der Waals surface area contributed by atoms with Gasteiger partial charge in [-0.05, 0) is 113 Å². The molecule has 115 heavy (non-hydrogen) atoms. The van der Waals surface area contributed by atoms with E-state index >= 15 is 0 Å². The van der Waals surface area contributed by atoms with Crippen LogP contribution in [0, 0.1) is 0 Å². The van der Waals surface area contributed by atoms with Gasteiger partial charge in [-0.2, -0.15) is 0 Å². The highest BCUT2D eigenvalue weighted by molar-refractivity contribution is 5.63. The second-order valence-electron chi connectivity index (χ2n) is 27.9. The second-order valence-corrected chi connectivity index (χ2v) is 27.9. The number of hydrogen-bond acceptors (Lipinski definition) is 16. The number of aromatic hydroxyl groups is 5. The number of anilines is 2. The van der Waals surface area contributed by atoms with E-state index in [2.05, 4.69) is 121 Å². The fraction of sp³-hybridized carbons (Fsp3) is 0.242. The first kappa shape index (κ1) is 83.4. The summed E-state index contributed by atoms with van der Waals surface area (Å²) in [6.07, 6.45) is 11.6. The zero-order valence-corrected chi connectivity index (χ0v) is 66.1. The Labute approximate surface area is 674 Å². The summed E-state index contributed by atoms with van der Waals surface area (Å²) in [5, 5.41) is 48.3. The Morgan fingerprint density at radius 3 is 1.10 bits per heavy atom. The van der Waals surface area contributed by atoms with Crippen LogP contribution in [0.3, 0.4) is 0 Å². The van der Waals surface area contributed by atoms with E-state index in [1.54, 1.807) is 90.1 Å². The lowest BCUT2D eigenvalue weighted by molar-refractivity contribution is 0.177. The van der Waals surface area contributed by atoms with Crippen LogP contribution in [0.25, 0.3) is 22.5 Å². The topological polar surface area (TPSA) is 225 Å². The maximum atomic E-state index is 9.77. The van der Waals surface area contributed by atoms with Gasteiger partial charge in [0.2, 0.25) is 0 Å². The molecule has 1 aliphatic rings. The summed E-state index contributed by atoms with van der Waals surface area (Å²) in [6, 6.07) is 88.6. The van der Waals surface area contributed by atoms with Gasteiger partial charge in [-0.1, -0.05) is 194 Å². The van der Waals surface area contributed by atoms with Crippen LogP contribution in [0.2, 0.25) is 0 Å². The predicted octanol–water partition coefficient (Wildman–Crippen LogP) is 16.9. The number of para-hydroxylation sites is 1. The van der Waals surface area contributed by atoms with Crippen LogP contribution < -0.4 is 9.80 Å². The fourth-order valence-electron chi connectivity index (χ4n) is 14.0. The van der Waals surface area contributed by atoms with Gasteiger partial charge in [-0.3, -0.25) is 0 Å². The number of rotatable bonds is 29. The summed E-state index contributed by atoms with van der Waals surface area (Å²) in [5.74, 6) is 1.44. The summed E-state index contributed by atoms with van der Waals surface area (Å²) in [6.45, 7) is 8.59. The minimum Gasteiger partial charge on any atom is -0.508 e. The van der Waals surface area contributed by atoms with Crippen molar-refractivity contribution in [2.45, 2.75) is 77.5 Å². The Morgan fingerprint density at radius 1 is 0.322 bits per heavy atom. The zero-order chi connectivity index (χ0) is 80.4. The monoisotopic (exact) mass is 1540 g/mol. The SMILES string of the molecule is COCCC1CN(c2ccccc2)CCN1c1cccc(O)c1.COCCc1c(-c2ccccc2)ncn1Cc1cccc(O)c1.COCCc1c(Cc2ccccc2)ncn1Cc1cccc(O)c1.COCc1c(-c2ccccc2)ncn1Cc1cccc(O)c1.COCc1c(Cc2ccccc2)ncn1Cc1cccc(O)c1. The summed E-state index contributed by atoms with van der Waals surface area (Å²) in [4.78, 5) is 23.2. The van der Waals surface area contributed by atoms with Crippen LogP contribution in [0.1, 0.15) is 74.0 Å². The molecule has 1 saturated heterocycles. The first-order valence-corrected chi connectivity index (χ1v) is 38.6. The number of phenolic OH excluding ortho intramolecular Hbond substituents is 5. The van der Waals surface area contributed by atoms with Gasteiger partial charge >= 0.3 is 0 Å². The molecule has 14 aromatic rings. The van der Waals surface area contributed by atoms with Crippen molar-refractivity contribution < 1.29 is 49.2 Å². The number of aromatic nitrogens is 8. The third-order valence-corrected chi connectivity index (χ3v) is 19.6. The summed E-state index contributed by atoms with van der Waals surface area (Å²) in [7, 11) is 8.54. The highest BCUT2D eigenvalue weighted by Gasteiger charge is 2.28. The third-order valence-electron chi connectivity index (χ3n) is 19.6. The molecule has 0 radical (unpaired) electrons. The first-order valence-electron chi connectivity index (χ1n) is 38.6. The Morgan fingerprint density at radius 2 is 0.670 bits per heavy atom. The summed E-state index contributed by atoms with van der Waals surface area (Å²) >= 11 is 0. The summed E-state index contributed by atoms with van der Waals surface area (Å²) < 4.78 is 34.9. The lowest BCUT2D eigenvalue weighted by atomic mass is 10.1. The number of piperazine rings is 1. The van der Waals surface area contributed by atoms with Crippen LogP contribution in [0.5, 0.6) is 28.7 Å². The molecule has 20 heteroatoms. The average molecular weight is 1550 g/mol. The van der Waals surface area contributed by atoms with Crippen molar-refractivity contribution in [1.29, 1.82) is 0 Å². The maximum absolute atomic E-state index is 9.77. The van der Waals surface area contributed by atoms with Gasteiger partial charge in [-0.25, -0.2) is 19.9 Å². The van der Waals surface area contributed by atoms with Gasteiger partial charge in [0.1, 0.15) is 28.7 Å². The molecular formula is C95H104N10O10. The fourth-order valence-corrected chi connectivity index (χ4v) is 14.0. The van der Waals surface area contributed by atoms with E-state index in [1.165, 1.54) is 22.5 Å². The number of methoxy groups -OCH3 is 5. The van der Waals surface area contributed by atoms with E-state index in [4.69, 9.17) is 23.7 Å². The Balaban J connectivity index is 0.000000142. The molecular weight excluding hydrogens is 1440 g/mol. The molecule has 0 aliphatic carbocycles. The van der Waals surface area contributed by atoms with Crippen LogP contribution >= 0.6 is 0 Å². The van der Waals surface area contributed by atoms with Gasteiger partial charge in [0.25, 0.3) is 0 Å². The van der Waals surface area contributed by atoms with Gasteiger partial charge in [0.05, 0.1) is 85.9 Å². The van der Waals surface area contributed by atoms with Crippen LogP contribution in [0.15, 0.2) is 298 Å². The lowest BCUT2D eigenvalue weighted by Crippen LogP contribution is -2.53. The Bertz CT molecular complexity index is 5170. The van der Waals surface area contributed by atoms with Crippen molar-refractivity contribution >= 4 is 11.4 Å². The van der Waals surface area contributed by atoms with Crippen LogP contribution in [0.4, 0.5) is 11.4 Å². The lowest BCUT2D eigenvalue weighted by Gasteiger charge is -2.44. The number of hydrogen-bond donors (Lipinski definition) is 5. The van der Waals surface area contributed by atoms with E-state index in [1.807, 2.05) is 171 Å². The first-order chi connectivity index (χ1) is 56.3. The molecule has 594 valence electrons. The van der Waals surface area contributed by atoms with Gasteiger partial charge in [0.15, 0.2) is 0 Å². The van der Waals surface area contributed by atoms with E-state index in [9.17, 15) is 25.5 Å². The van der Waals surface area contributed by atoms with Crippen molar-refractivity contribution in [1.82, 2.24) is 38.2 Å². The smallest absolute Gasteiger partial charge is 0.117 e. The van der Waals surface area contributed by atoms with Crippen molar-refractivity contribution in [2.24, 2.45) is 0 Å². The molecule has 0 spiro atoms. The minimum absolute atomic E-state index is 0.272. The molecule has 4 aromatic heterocycles. The molecule has 5 heterocycles. The molecule has 1 aliphatic heterocycles. The van der Waals surface area contributed by atoms with Gasteiger partial charge in [-0.15, -0.1) is 0 Å². The number of nitrogens with zero attached hydrogens (tertiary/aromatic N) is 10. The van der Waals surface area contributed by atoms with Crippen LogP contribution in [-0.4, -0.2) is 145 Å². The number of phenols is 5. The van der Waals surface area contributed by atoms with Crippen LogP contribution in [-0.2, 0) is 88.8 Å². The van der Waals surface area contributed by atoms with Gasteiger partial charge in [0, 0.05) is 160 Å². The Kier molecular flexibility index (Phi) is 31.9. The second kappa shape index (κ2) is 44.0. The number of imidazole rings is 4. The maximum Gasteiger partial charge on any atom is 0.117 e. The summed E-state index contributed by atoms with van der Waals surface area (Å²) in [5.41, 5.74) is 19.6.